The van der Waals surface area contributed by atoms with Crippen LogP contribution in [0.4, 0.5) is 5.95 Å². The number of nitrogens with one attached hydrogen (secondary N) is 1. The van der Waals surface area contributed by atoms with Gasteiger partial charge in [-0.05, 0) is 25.0 Å². The Labute approximate surface area is 116 Å². The molecule has 0 saturated heterocycles. The van der Waals surface area contributed by atoms with E-state index in [4.69, 9.17) is 11.6 Å². The normalized spacial score (nSPS) is 24.3. The number of fused-ring (bicyclic) bond motifs is 1. The quantitative estimate of drug-likeness (QED) is 0.830. The Morgan fingerprint density at radius 1 is 1.26 bits per heavy atom. The molecule has 5 nitrogen and oxygen atoms in total. The summed E-state index contributed by atoms with van der Waals surface area (Å²) in [6, 6.07) is 3.65. The summed E-state index contributed by atoms with van der Waals surface area (Å²) in [5, 5.41) is 18.3. The van der Waals surface area contributed by atoms with Crippen LogP contribution in [-0.2, 0) is 0 Å². The van der Waals surface area contributed by atoms with E-state index in [2.05, 4.69) is 15.4 Å². The van der Waals surface area contributed by atoms with E-state index >= 15 is 0 Å². The van der Waals surface area contributed by atoms with Crippen molar-refractivity contribution in [1.82, 2.24) is 14.6 Å². The highest BCUT2D eigenvalue weighted by atomic mass is 35.5. The van der Waals surface area contributed by atoms with Crippen LogP contribution in [0.3, 0.4) is 0 Å². The average Bonchev–Trinajstić information content (AvgIpc) is 2.66. The van der Waals surface area contributed by atoms with Crippen molar-refractivity contribution in [3.8, 4) is 0 Å². The minimum absolute atomic E-state index is 0.0374. The molecule has 0 spiro atoms. The molecule has 3 rings (SSSR count). The summed E-state index contributed by atoms with van der Waals surface area (Å²) in [7, 11) is 0. The number of nitrogens with zero attached hydrogens (tertiary/aromatic N) is 3. The lowest BCUT2D eigenvalue weighted by Crippen LogP contribution is -2.32. The third-order valence-electron chi connectivity index (χ3n) is 3.59. The Morgan fingerprint density at radius 2 is 2.11 bits per heavy atom. The molecule has 2 unspecified atom stereocenters. The van der Waals surface area contributed by atoms with E-state index < -0.39 is 0 Å². The van der Waals surface area contributed by atoms with Crippen molar-refractivity contribution in [3.63, 3.8) is 0 Å². The number of aromatic nitrogens is 3. The first kappa shape index (κ1) is 12.7. The maximum Gasteiger partial charge on any atom is 0.243 e. The fourth-order valence-electron chi connectivity index (χ4n) is 2.54. The van der Waals surface area contributed by atoms with Crippen molar-refractivity contribution in [2.24, 2.45) is 0 Å². The number of rotatable bonds is 2. The summed E-state index contributed by atoms with van der Waals surface area (Å²) in [5.41, 5.74) is 0.745. The van der Waals surface area contributed by atoms with Crippen molar-refractivity contribution in [3.05, 3.63) is 23.4 Å². The monoisotopic (exact) mass is 280 g/mol. The van der Waals surface area contributed by atoms with E-state index in [1.807, 2.05) is 6.07 Å². The number of anilines is 1. The van der Waals surface area contributed by atoms with Gasteiger partial charge in [0.15, 0.2) is 5.65 Å². The molecule has 0 radical (unpaired) electrons. The summed E-state index contributed by atoms with van der Waals surface area (Å²) in [6.07, 6.45) is 6.61. The van der Waals surface area contributed by atoms with Gasteiger partial charge in [0.1, 0.15) is 0 Å². The lowest BCUT2D eigenvalue weighted by atomic mass is 10.1. The zero-order valence-corrected chi connectivity index (χ0v) is 11.3. The Balaban J connectivity index is 1.80. The molecule has 1 aliphatic rings. The molecule has 2 atom stereocenters. The highest BCUT2D eigenvalue weighted by Gasteiger charge is 2.22. The zero-order chi connectivity index (χ0) is 13.2. The van der Waals surface area contributed by atoms with Crippen LogP contribution in [0.1, 0.15) is 32.1 Å². The van der Waals surface area contributed by atoms with Gasteiger partial charge in [0.05, 0.1) is 17.2 Å². The molecule has 0 amide bonds. The van der Waals surface area contributed by atoms with E-state index in [0.717, 1.165) is 31.3 Å². The van der Waals surface area contributed by atoms with Crippen molar-refractivity contribution in [2.75, 3.05) is 5.32 Å². The maximum absolute atomic E-state index is 10.1. The van der Waals surface area contributed by atoms with Gasteiger partial charge in [0, 0.05) is 6.20 Å². The third-order valence-corrected chi connectivity index (χ3v) is 3.81. The lowest BCUT2D eigenvalue weighted by molar-refractivity contribution is 0.144. The zero-order valence-electron chi connectivity index (χ0n) is 10.6. The molecule has 1 aliphatic carbocycles. The van der Waals surface area contributed by atoms with Gasteiger partial charge in [-0.1, -0.05) is 30.9 Å². The van der Waals surface area contributed by atoms with Crippen LogP contribution >= 0.6 is 11.6 Å². The van der Waals surface area contributed by atoms with Gasteiger partial charge in [-0.15, -0.1) is 5.10 Å². The fraction of sp³-hybridized carbons (Fsp3) is 0.538. The maximum atomic E-state index is 10.1. The second-order valence-electron chi connectivity index (χ2n) is 5.04. The summed E-state index contributed by atoms with van der Waals surface area (Å²) >= 11 is 5.92. The molecule has 2 aromatic heterocycles. The second-order valence-corrected chi connectivity index (χ2v) is 5.48. The minimum atomic E-state index is -0.322. The van der Waals surface area contributed by atoms with Crippen molar-refractivity contribution in [2.45, 2.75) is 44.2 Å². The van der Waals surface area contributed by atoms with Gasteiger partial charge in [-0.2, -0.15) is 4.98 Å². The van der Waals surface area contributed by atoms with Crippen molar-refractivity contribution < 1.29 is 5.11 Å². The number of pyridine rings is 1. The Hall–Kier alpha value is -1.33. The standard InChI is InChI=1S/C13H17ClN4O/c14-9-6-7-12-16-13(17-18(12)8-9)15-10-4-2-1-3-5-11(10)19/h6-8,10-11,19H,1-5H2,(H,15,17). The number of halogens is 1. The summed E-state index contributed by atoms with van der Waals surface area (Å²) in [4.78, 5) is 4.38. The fourth-order valence-corrected chi connectivity index (χ4v) is 2.70. The predicted octanol–water partition coefficient (Wildman–Crippen LogP) is 2.49. The summed E-state index contributed by atoms with van der Waals surface area (Å²) in [6.45, 7) is 0. The van der Waals surface area contributed by atoms with Gasteiger partial charge in [0.2, 0.25) is 5.95 Å². The first-order chi connectivity index (χ1) is 9.22. The van der Waals surface area contributed by atoms with Crippen LogP contribution in [0.15, 0.2) is 18.3 Å². The molecule has 2 N–H and O–H groups in total. The van der Waals surface area contributed by atoms with E-state index in [-0.39, 0.29) is 12.1 Å². The molecule has 1 saturated carbocycles. The van der Waals surface area contributed by atoms with Crippen LogP contribution < -0.4 is 5.32 Å². The van der Waals surface area contributed by atoms with Gasteiger partial charge >= 0.3 is 0 Å². The second kappa shape index (κ2) is 5.35. The van der Waals surface area contributed by atoms with Crippen LogP contribution in [0.2, 0.25) is 5.02 Å². The van der Waals surface area contributed by atoms with Crippen LogP contribution in [0.5, 0.6) is 0 Å². The van der Waals surface area contributed by atoms with E-state index in [0.29, 0.717) is 11.0 Å². The van der Waals surface area contributed by atoms with Crippen LogP contribution in [0, 0.1) is 0 Å². The smallest absolute Gasteiger partial charge is 0.243 e. The molecule has 1 fully saturated rings. The predicted molar refractivity (Wildman–Crippen MR) is 74.5 cm³/mol. The Morgan fingerprint density at radius 3 is 3.00 bits per heavy atom. The van der Waals surface area contributed by atoms with Crippen molar-refractivity contribution in [1.29, 1.82) is 0 Å². The molecule has 19 heavy (non-hydrogen) atoms. The lowest BCUT2D eigenvalue weighted by Gasteiger charge is -2.20. The highest BCUT2D eigenvalue weighted by Crippen LogP contribution is 2.21. The SMILES string of the molecule is OC1CCCCCC1Nc1nc2ccc(Cl)cn2n1. The largest absolute Gasteiger partial charge is 0.391 e. The third kappa shape index (κ3) is 2.82. The molecule has 6 heteroatoms. The molecule has 2 heterocycles. The van der Waals surface area contributed by atoms with Crippen molar-refractivity contribution >= 4 is 23.2 Å². The molecular formula is C13H17ClN4O. The minimum Gasteiger partial charge on any atom is -0.391 e. The molecule has 2 aromatic rings. The molecular weight excluding hydrogens is 264 g/mol. The van der Waals surface area contributed by atoms with Gasteiger partial charge in [-0.25, -0.2) is 4.52 Å². The average molecular weight is 281 g/mol. The Bertz CT molecular complexity index is 571. The summed E-state index contributed by atoms with van der Waals surface area (Å²) in [5.74, 6) is 0.549. The topological polar surface area (TPSA) is 62.5 Å². The van der Waals surface area contributed by atoms with Gasteiger partial charge in [0.25, 0.3) is 0 Å². The molecule has 102 valence electrons. The van der Waals surface area contributed by atoms with E-state index in [1.165, 1.54) is 6.42 Å². The van der Waals surface area contributed by atoms with E-state index in [9.17, 15) is 5.11 Å². The van der Waals surface area contributed by atoms with E-state index in [1.54, 1.807) is 16.8 Å². The van der Waals surface area contributed by atoms with Crippen LogP contribution in [0.25, 0.3) is 5.65 Å². The number of hydrogen-bond donors (Lipinski definition) is 2. The van der Waals surface area contributed by atoms with Crippen LogP contribution in [-0.4, -0.2) is 31.9 Å². The number of hydrogen-bond acceptors (Lipinski definition) is 4. The number of aliphatic hydroxyl groups excluding tert-OH is 1. The first-order valence-corrected chi connectivity index (χ1v) is 7.07. The summed E-state index contributed by atoms with van der Waals surface area (Å²) < 4.78 is 1.65. The number of aliphatic hydroxyl groups is 1. The van der Waals surface area contributed by atoms with Gasteiger partial charge in [-0.3, -0.25) is 0 Å². The molecule has 0 aromatic carbocycles. The first-order valence-electron chi connectivity index (χ1n) is 6.69. The Kier molecular flexibility index (Phi) is 3.57. The molecule has 0 bridgehead atoms. The molecule has 0 aliphatic heterocycles. The highest BCUT2D eigenvalue weighted by molar-refractivity contribution is 6.30. The van der Waals surface area contributed by atoms with Gasteiger partial charge < -0.3 is 10.4 Å².